The summed E-state index contributed by atoms with van der Waals surface area (Å²) in [6.45, 7) is 5.77. The summed E-state index contributed by atoms with van der Waals surface area (Å²) in [6.07, 6.45) is 1.81. The Morgan fingerprint density at radius 2 is 1.49 bits per heavy atom. The van der Waals surface area contributed by atoms with Gasteiger partial charge in [0.1, 0.15) is 11.6 Å². The molecule has 1 aromatic heterocycles. The number of aromatic carboxylic acids is 2. The number of carboxylic acids is 2. The molecule has 0 spiro atoms. The van der Waals surface area contributed by atoms with Crippen LogP contribution in [-0.2, 0) is 26.1 Å². The summed E-state index contributed by atoms with van der Waals surface area (Å²) in [5.41, 5.74) is 2.65. The molecule has 1 fully saturated rings. The number of nitrogens with zero attached hydrogens (tertiary/aromatic N) is 5. The molecule has 9 heteroatoms. The highest BCUT2D eigenvalue weighted by molar-refractivity contribution is 5.88. The Hall–Kier alpha value is -3.56. The molecule has 1 atom stereocenters. The van der Waals surface area contributed by atoms with Gasteiger partial charge in [0.05, 0.1) is 11.1 Å². The summed E-state index contributed by atoms with van der Waals surface area (Å²) in [5.74, 6) is 0.545. The Kier molecular flexibility index (Phi) is 6.61. The van der Waals surface area contributed by atoms with E-state index in [4.69, 9.17) is 0 Å². The van der Waals surface area contributed by atoms with Crippen molar-refractivity contribution < 1.29 is 19.8 Å². The molecule has 3 aromatic rings. The molecule has 0 aliphatic carbocycles. The van der Waals surface area contributed by atoms with Gasteiger partial charge in [-0.05, 0) is 48.4 Å². The number of hydrogen-bond acceptors (Lipinski definition) is 6. The SMILES string of the molecule is O=C(O)c1cccc(CN2CCc3nnc(C4CCN(Cc5cccc(C(=O)O)c5)C4)n3CC2)c1. The van der Waals surface area contributed by atoms with Crippen molar-refractivity contribution in [3.63, 3.8) is 0 Å². The number of carbonyl (C=O) groups is 2. The van der Waals surface area contributed by atoms with Crippen LogP contribution >= 0.6 is 0 Å². The fourth-order valence-corrected chi connectivity index (χ4v) is 5.16. The zero-order chi connectivity index (χ0) is 24.4. The predicted molar refractivity (Wildman–Crippen MR) is 128 cm³/mol. The van der Waals surface area contributed by atoms with Gasteiger partial charge >= 0.3 is 11.9 Å². The molecule has 1 saturated heterocycles. The molecule has 2 N–H and O–H groups in total. The second-order valence-electron chi connectivity index (χ2n) is 9.38. The fourth-order valence-electron chi connectivity index (χ4n) is 5.16. The molecular weight excluding hydrogens is 446 g/mol. The third kappa shape index (κ3) is 5.26. The molecule has 0 saturated carbocycles. The van der Waals surface area contributed by atoms with Gasteiger partial charge in [0.25, 0.3) is 0 Å². The minimum Gasteiger partial charge on any atom is -0.478 e. The maximum absolute atomic E-state index is 11.3. The van der Waals surface area contributed by atoms with E-state index in [0.717, 1.165) is 74.9 Å². The topological polar surface area (TPSA) is 112 Å². The van der Waals surface area contributed by atoms with Gasteiger partial charge in [-0.25, -0.2) is 9.59 Å². The molecule has 2 aliphatic rings. The van der Waals surface area contributed by atoms with Crippen LogP contribution < -0.4 is 0 Å². The Bertz CT molecular complexity index is 1240. The van der Waals surface area contributed by atoms with E-state index in [-0.39, 0.29) is 0 Å². The number of fused-ring (bicyclic) bond motifs is 1. The lowest BCUT2D eigenvalue weighted by Gasteiger charge is -2.20. The first kappa shape index (κ1) is 23.2. The number of likely N-dealkylation sites (tertiary alicyclic amines) is 1. The van der Waals surface area contributed by atoms with Crippen molar-refractivity contribution in [2.75, 3.05) is 26.2 Å². The second-order valence-corrected chi connectivity index (χ2v) is 9.38. The van der Waals surface area contributed by atoms with Gasteiger partial charge in [0.15, 0.2) is 0 Å². The third-order valence-corrected chi connectivity index (χ3v) is 6.95. The van der Waals surface area contributed by atoms with Crippen LogP contribution in [0.1, 0.15) is 55.8 Å². The number of rotatable bonds is 7. The number of aromatic nitrogens is 3. The van der Waals surface area contributed by atoms with Crippen LogP contribution in [0.2, 0.25) is 0 Å². The van der Waals surface area contributed by atoms with Crippen molar-refractivity contribution in [2.24, 2.45) is 0 Å². The molecule has 182 valence electrons. The normalized spacial score (nSPS) is 18.8. The number of carboxylic acid groups (broad SMARTS) is 2. The lowest BCUT2D eigenvalue weighted by atomic mass is 10.1. The van der Waals surface area contributed by atoms with Gasteiger partial charge in [-0.1, -0.05) is 24.3 Å². The largest absolute Gasteiger partial charge is 0.478 e. The Balaban J connectivity index is 1.21. The quantitative estimate of drug-likeness (QED) is 0.537. The highest BCUT2D eigenvalue weighted by Gasteiger charge is 2.30. The average Bonchev–Trinajstić information content (AvgIpc) is 3.42. The summed E-state index contributed by atoms with van der Waals surface area (Å²) in [4.78, 5) is 27.3. The third-order valence-electron chi connectivity index (χ3n) is 6.95. The highest BCUT2D eigenvalue weighted by atomic mass is 16.4. The van der Waals surface area contributed by atoms with Crippen molar-refractivity contribution in [1.82, 2.24) is 24.6 Å². The van der Waals surface area contributed by atoms with Gasteiger partial charge in [-0.2, -0.15) is 0 Å². The summed E-state index contributed by atoms with van der Waals surface area (Å²) < 4.78 is 2.27. The van der Waals surface area contributed by atoms with Crippen molar-refractivity contribution in [3.8, 4) is 0 Å². The first-order valence-electron chi connectivity index (χ1n) is 12.0. The molecular formula is C26H29N5O4. The van der Waals surface area contributed by atoms with Crippen LogP contribution in [0.15, 0.2) is 48.5 Å². The molecule has 2 aliphatic heterocycles. The van der Waals surface area contributed by atoms with Crippen LogP contribution in [0.25, 0.3) is 0 Å². The zero-order valence-electron chi connectivity index (χ0n) is 19.5. The molecule has 5 rings (SSSR count). The first-order valence-corrected chi connectivity index (χ1v) is 12.0. The minimum atomic E-state index is -0.904. The average molecular weight is 476 g/mol. The zero-order valence-corrected chi connectivity index (χ0v) is 19.5. The molecule has 35 heavy (non-hydrogen) atoms. The van der Waals surface area contributed by atoms with Crippen molar-refractivity contribution in [3.05, 3.63) is 82.4 Å². The first-order chi connectivity index (χ1) is 17.0. The van der Waals surface area contributed by atoms with Crippen LogP contribution in [0.5, 0.6) is 0 Å². The van der Waals surface area contributed by atoms with E-state index < -0.39 is 11.9 Å². The standard InChI is InChI=1S/C26H29N5O4/c32-25(33)20-5-1-3-18(13-20)15-29-10-8-23-27-28-24(31(23)12-11-29)22-7-9-30(17-22)16-19-4-2-6-21(14-19)26(34)35/h1-6,13-14,22H,7-12,15-17H2,(H,32,33)(H,34,35). The van der Waals surface area contributed by atoms with Crippen molar-refractivity contribution in [1.29, 1.82) is 0 Å². The van der Waals surface area contributed by atoms with E-state index in [2.05, 4.69) is 24.6 Å². The highest BCUT2D eigenvalue weighted by Crippen LogP contribution is 2.28. The van der Waals surface area contributed by atoms with E-state index >= 15 is 0 Å². The van der Waals surface area contributed by atoms with Crippen molar-refractivity contribution in [2.45, 2.75) is 38.4 Å². The second kappa shape index (κ2) is 9.97. The van der Waals surface area contributed by atoms with E-state index in [1.807, 2.05) is 12.1 Å². The van der Waals surface area contributed by atoms with Gasteiger partial charge in [-0.3, -0.25) is 9.80 Å². The Morgan fingerprint density at radius 1 is 0.829 bits per heavy atom. The summed E-state index contributed by atoms with van der Waals surface area (Å²) in [5, 5.41) is 27.6. The van der Waals surface area contributed by atoms with Gasteiger partial charge in [-0.15, -0.1) is 10.2 Å². The van der Waals surface area contributed by atoms with E-state index in [1.54, 1.807) is 36.4 Å². The van der Waals surface area contributed by atoms with E-state index in [0.29, 0.717) is 23.6 Å². The Morgan fingerprint density at radius 3 is 2.14 bits per heavy atom. The molecule has 0 bridgehead atoms. The molecule has 3 heterocycles. The van der Waals surface area contributed by atoms with Crippen molar-refractivity contribution >= 4 is 11.9 Å². The maximum Gasteiger partial charge on any atom is 0.335 e. The molecule has 1 unspecified atom stereocenters. The molecule has 2 aromatic carbocycles. The molecule has 0 amide bonds. The van der Waals surface area contributed by atoms with Crippen LogP contribution in [0.4, 0.5) is 0 Å². The van der Waals surface area contributed by atoms with Gasteiger partial charge in [0, 0.05) is 51.6 Å². The monoisotopic (exact) mass is 475 g/mol. The number of hydrogen-bond donors (Lipinski definition) is 2. The fraction of sp³-hybridized carbons (Fsp3) is 0.385. The van der Waals surface area contributed by atoms with Gasteiger partial charge < -0.3 is 14.8 Å². The van der Waals surface area contributed by atoms with Crippen LogP contribution in [0, 0.1) is 0 Å². The van der Waals surface area contributed by atoms with Crippen LogP contribution in [-0.4, -0.2) is 72.9 Å². The van der Waals surface area contributed by atoms with E-state index in [1.165, 1.54) is 0 Å². The summed E-state index contributed by atoms with van der Waals surface area (Å²) >= 11 is 0. The lowest BCUT2D eigenvalue weighted by Crippen LogP contribution is -2.27. The minimum absolute atomic E-state index is 0.303. The van der Waals surface area contributed by atoms with Gasteiger partial charge in [0.2, 0.25) is 0 Å². The maximum atomic E-state index is 11.3. The van der Waals surface area contributed by atoms with E-state index in [9.17, 15) is 19.8 Å². The summed E-state index contributed by atoms with van der Waals surface area (Å²) in [6, 6.07) is 14.3. The molecule has 9 nitrogen and oxygen atoms in total. The molecule has 0 radical (unpaired) electrons. The predicted octanol–water partition coefficient (Wildman–Crippen LogP) is 2.72. The number of benzene rings is 2. The summed E-state index contributed by atoms with van der Waals surface area (Å²) in [7, 11) is 0. The van der Waals surface area contributed by atoms with Crippen LogP contribution in [0.3, 0.4) is 0 Å². The lowest BCUT2D eigenvalue weighted by molar-refractivity contribution is 0.0686. The smallest absolute Gasteiger partial charge is 0.335 e. The Labute approximate surface area is 203 Å².